The van der Waals surface area contributed by atoms with Crippen molar-refractivity contribution < 1.29 is 0 Å². The van der Waals surface area contributed by atoms with Gasteiger partial charge in [0, 0.05) is 9.86 Å². The minimum Gasteiger partial charge on any atom is -0.237 e. The number of nitrogens with zero attached hydrogens (tertiary/aromatic N) is 2. The largest absolute Gasteiger partial charge is 0.237 e. The molecule has 0 saturated heterocycles. The molecule has 0 aliphatic heterocycles. The van der Waals surface area contributed by atoms with E-state index < -0.39 is 0 Å². The molecular weight excluding hydrogens is 288 g/mol. The first kappa shape index (κ1) is 11.5. The van der Waals surface area contributed by atoms with E-state index in [1.807, 2.05) is 22.9 Å². The maximum atomic E-state index is 4.70. The molecule has 0 saturated carbocycles. The van der Waals surface area contributed by atoms with Crippen molar-refractivity contribution in [2.24, 2.45) is 0 Å². The number of hydrogen-bond acceptors (Lipinski definition) is 1. The Balaban J connectivity index is 2.29. The molecule has 3 aromatic rings. The topological polar surface area (TPSA) is 17.8 Å². The van der Waals surface area contributed by atoms with Crippen LogP contribution in [0.5, 0.6) is 0 Å². The van der Waals surface area contributed by atoms with Gasteiger partial charge in [0.1, 0.15) is 0 Å². The van der Waals surface area contributed by atoms with Crippen molar-refractivity contribution >= 4 is 26.8 Å². The van der Waals surface area contributed by atoms with E-state index >= 15 is 0 Å². The molecule has 0 radical (unpaired) electrons. The second-order valence-corrected chi connectivity index (χ2v) is 5.12. The maximum absolute atomic E-state index is 4.70. The lowest BCUT2D eigenvalue weighted by molar-refractivity contribution is 0.826. The molecule has 0 amide bonds. The van der Waals surface area contributed by atoms with E-state index in [9.17, 15) is 0 Å². The van der Waals surface area contributed by atoms with E-state index in [1.165, 1.54) is 11.1 Å². The fourth-order valence-electron chi connectivity index (χ4n) is 2.24. The van der Waals surface area contributed by atoms with Crippen LogP contribution >= 0.6 is 15.9 Å². The summed E-state index contributed by atoms with van der Waals surface area (Å²) in [5, 5.41) is 5.93. The lowest BCUT2D eigenvalue weighted by Crippen LogP contribution is -2.00. The second kappa shape index (κ2) is 4.58. The first-order valence-corrected chi connectivity index (χ1v) is 6.81. The van der Waals surface area contributed by atoms with Gasteiger partial charge in [0.2, 0.25) is 0 Å². The molecular formula is C15H13BrN2. The Labute approximate surface area is 114 Å². The monoisotopic (exact) mass is 300 g/mol. The molecule has 0 N–H and O–H groups in total. The van der Waals surface area contributed by atoms with Gasteiger partial charge >= 0.3 is 0 Å². The average Bonchev–Trinajstić information content (AvgIpc) is 2.77. The van der Waals surface area contributed by atoms with Crippen LogP contribution in [0.1, 0.15) is 12.6 Å². The minimum absolute atomic E-state index is 0.965. The summed E-state index contributed by atoms with van der Waals surface area (Å²) >= 11 is 3.50. The number of benzene rings is 2. The molecule has 1 heterocycles. The zero-order chi connectivity index (χ0) is 12.5. The predicted octanol–water partition coefficient (Wildman–Crippen LogP) is 4.35. The molecule has 0 bridgehead atoms. The van der Waals surface area contributed by atoms with E-state index in [0.717, 1.165) is 22.1 Å². The number of aromatic nitrogens is 2. The van der Waals surface area contributed by atoms with Crippen molar-refractivity contribution in [3.05, 3.63) is 58.7 Å². The molecule has 0 aliphatic carbocycles. The van der Waals surface area contributed by atoms with Gasteiger partial charge in [0.05, 0.1) is 16.9 Å². The Kier molecular flexibility index (Phi) is 2.92. The number of rotatable bonds is 2. The fourth-order valence-corrected chi connectivity index (χ4v) is 2.59. The molecule has 90 valence electrons. The number of halogens is 1. The average molecular weight is 301 g/mol. The molecule has 1 aromatic heterocycles. The lowest BCUT2D eigenvalue weighted by atomic mass is 10.2. The van der Waals surface area contributed by atoms with Crippen molar-refractivity contribution in [3.8, 4) is 5.69 Å². The summed E-state index contributed by atoms with van der Waals surface area (Å²) in [7, 11) is 0. The van der Waals surface area contributed by atoms with E-state index in [1.54, 1.807) is 0 Å². The number of aryl methyl sites for hydroxylation is 1. The molecule has 3 rings (SSSR count). The van der Waals surface area contributed by atoms with Crippen LogP contribution in [0.25, 0.3) is 16.6 Å². The van der Waals surface area contributed by atoms with E-state index in [0.29, 0.717) is 0 Å². The first-order valence-electron chi connectivity index (χ1n) is 6.02. The van der Waals surface area contributed by atoms with Crippen molar-refractivity contribution in [2.45, 2.75) is 13.3 Å². The summed E-state index contributed by atoms with van der Waals surface area (Å²) in [5.74, 6) is 0. The lowest BCUT2D eigenvalue weighted by Gasteiger charge is -2.05. The number of fused-ring (bicyclic) bond motifs is 1. The second-order valence-electron chi connectivity index (χ2n) is 4.21. The van der Waals surface area contributed by atoms with Crippen molar-refractivity contribution in [1.29, 1.82) is 0 Å². The van der Waals surface area contributed by atoms with Gasteiger partial charge in [-0.15, -0.1) is 0 Å². The zero-order valence-corrected chi connectivity index (χ0v) is 11.7. The molecule has 18 heavy (non-hydrogen) atoms. The zero-order valence-electron chi connectivity index (χ0n) is 10.1. The highest BCUT2D eigenvalue weighted by Crippen LogP contribution is 2.25. The van der Waals surface area contributed by atoms with Crippen LogP contribution in [0, 0.1) is 0 Å². The smallest absolute Gasteiger partial charge is 0.0941 e. The molecule has 0 atom stereocenters. The minimum atomic E-state index is 0.965. The molecule has 0 fully saturated rings. The molecule has 2 nitrogen and oxygen atoms in total. The summed E-state index contributed by atoms with van der Waals surface area (Å²) in [5.41, 5.74) is 3.40. The third-order valence-electron chi connectivity index (χ3n) is 3.07. The van der Waals surface area contributed by atoms with Crippen molar-refractivity contribution in [1.82, 2.24) is 9.78 Å². The van der Waals surface area contributed by atoms with Gasteiger partial charge < -0.3 is 0 Å². The maximum Gasteiger partial charge on any atom is 0.0941 e. The number of hydrogen-bond donors (Lipinski definition) is 0. The summed E-state index contributed by atoms with van der Waals surface area (Å²) < 4.78 is 3.10. The third-order valence-corrected chi connectivity index (χ3v) is 3.56. The van der Waals surface area contributed by atoms with Gasteiger partial charge in [-0.05, 0) is 36.8 Å². The van der Waals surface area contributed by atoms with Crippen LogP contribution < -0.4 is 0 Å². The Hall–Kier alpha value is -1.61. The van der Waals surface area contributed by atoms with E-state index in [2.05, 4.69) is 53.2 Å². The van der Waals surface area contributed by atoms with Crippen LogP contribution in [0.3, 0.4) is 0 Å². The highest BCUT2D eigenvalue weighted by atomic mass is 79.9. The highest BCUT2D eigenvalue weighted by Gasteiger charge is 2.10. The summed E-state index contributed by atoms with van der Waals surface area (Å²) in [6, 6.07) is 16.5. The Bertz CT molecular complexity index is 686. The molecule has 0 unspecified atom stereocenters. The normalized spacial score (nSPS) is 11.0. The Morgan fingerprint density at radius 1 is 1.11 bits per heavy atom. The van der Waals surface area contributed by atoms with Crippen LogP contribution in [-0.2, 0) is 6.42 Å². The van der Waals surface area contributed by atoms with Gasteiger partial charge in [-0.1, -0.05) is 41.1 Å². The van der Waals surface area contributed by atoms with Gasteiger partial charge in [-0.25, -0.2) is 4.68 Å². The molecule has 2 aromatic carbocycles. The van der Waals surface area contributed by atoms with Crippen molar-refractivity contribution in [3.63, 3.8) is 0 Å². The van der Waals surface area contributed by atoms with E-state index in [4.69, 9.17) is 5.10 Å². The van der Waals surface area contributed by atoms with Crippen LogP contribution in [0.2, 0.25) is 0 Å². The summed E-state index contributed by atoms with van der Waals surface area (Å²) in [6.45, 7) is 2.16. The Morgan fingerprint density at radius 3 is 2.61 bits per heavy atom. The Morgan fingerprint density at radius 2 is 1.89 bits per heavy atom. The summed E-state index contributed by atoms with van der Waals surface area (Å²) in [6.07, 6.45) is 0.965. The third kappa shape index (κ3) is 1.85. The van der Waals surface area contributed by atoms with Gasteiger partial charge in [0.25, 0.3) is 0 Å². The van der Waals surface area contributed by atoms with Crippen LogP contribution in [-0.4, -0.2) is 9.78 Å². The highest BCUT2D eigenvalue weighted by molar-refractivity contribution is 9.10. The van der Waals surface area contributed by atoms with Crippen molar-refractivity contribution in [2.75, 3.05) is 0 Å². The quantitative estimate of drug-likeness (QED) is 0.688. The SMILES string of the molecule is CCc1c2ccc(Br)cc2nn1-c1ccccc1. The van der Waals surface area contributed by atoms with Crippen LogP contribution in [0.4, 0.5) is 0 Å². The van der Waals surface area contributed by atoms with Gasteiger partial charge in [-0.3, -0.25) is 0 Å². The standard InChI is InChI=1S/C15H13BrN2/c1-2-15-13-9-8-11(16)10-14(13)17-18(15)12-6-4-3-5-7-12/h3-10H,2H2,1H3. The first-order chi connectivity index (χ1) is 8.79. The predicted molar refractivity (Wildman–Crippen MR) is 78.1 cm³/mol. The fraction of sp³-hybridized carbons (Fsp3) is 0.133. The molecule has 0 spiro atoms. The van der Waals surface area contributed by atoms with Crippen LogP contribution in [0.15, 0.2) is 53.0 Å². The molecule has 0 aliphatic rings. The van der Waals surface area contributed by atoms with E-state index in [-0.39, 0.29) is 0 Å². The molecule has 3 heteroatoms. The van der Waals surface area contributed by atoms with Gasteiger partial charge in [-0.2, -0.15) is 5.10 Å². The van der Waals surface area contributed by atoms with Gasteiger partial charge in [0.15, 0.2) is 0 Å². The summed E-state index contributed by atoms with van der Waals surface area (Å²) in [4.78, 5) is 0. The number of para-hydroxylation sites is 1.